The maximum Gasteiger partial charge on any atom is 0.0328 e. The first kappa shape index (κ1) is 11.1. The van der Waals surface area contributed by atoms with E-state index >= 15 is 0 Å². The molecule has 1 aliphatic heterocycles. The van der Waals surface area contributed by atoms with Crippen LogP contribution in [0, 0.1) is 5.92 Å². The molecule has 2 N–H and O–H groups in total. The highest BCUT2D eigenvalue weighted by atomic mass is 32.1. The van der Waals surface area contributed by atoms with Crippen molar-refractivity contribution >= 4 is 11.3 Å². The van der Waals surface area contributed by atoms with Crippen LogP contribution in [0.15, 0.2) is 17.5 Å². The highest BCUT2D eigenvalue weighted by Gasteiger charge is 2.19. The van der Waals surface area contributed by atoms with Crippen LogP contribution < -0.4 is 5.73 Å². The van der Waals surface area contributed by atoms with E-state index in [1.54, 1.807) is 0 Å². The van der Waals surface area contributed by atoms with Gasteiger partial charge in [0.2, 0.25) is 0 Å². The number of nitrogens with zero attached hydrogens (tertiary/aromatic N) is 1. The maximum atomic E-state index is 5.62. The van der Waals surface area contributed by atoms with Crippen LogP contribution in [0.3, 0.4) is 0 Å². The molecule has 0 spiro atoms. The summed E-state index contributed by atoms with van der Waals surface area (Å²) in [6.45, 7) is 4.49. The Morgan fingerprint density at radius 2 is 2.47 bits per heavy atom. The van der Waals surface area contributed by atoms with Crippen molar-refractivity contribution in [3.63, 3.8) is 0 Å². The van der Waals surface area contributed by atoms with Gasteiger partial charge in [-0.1, -0.05) is 6.07 Å². The predicted octanol–water partition coefficient (Wildman–Crippen LogP) is 2.31. The van der Waals surface area contributed by atoms with Gasteiger partial charge in [0.1, 0.15) is 0 Å². The zero-order valence-corrected chi connectivity index (χ0v) is 10.0. The molecule has 1 aromatic heterocycles. The maximum absolute atomic E-state index is 5.62. The number of hydrogen-bond donors (Lipinski definition) is 1. The third kappa shape index (κ3) is 3.30. The summed E-state index contributed by atoms with van der Waals surface area (Å²) in [7, 11) is 0. The molecule has 1 unspecified atom stereocenters. The van der Waals surface area contributed by atoms with Gasteiger partial charge in [-0.2, -0.15) is 0 Å². The van der Waals surface area contributed by atoms with Gasteiger partial charge in [-0.05, 0) is 49.7 Å². The first-order chi connectivity index (χ1) is 7.38. The van der Waals surface area contributed by atoms with Crippen molar-refractivity contribution in [1.29, 1.82) is 0 Å². The Morgan fingerprint density at radius 3 is 3.20 bits per heavy atom. The average Bonchev–Trinajstić information content (AvgIpc) is 2.71. The summed E-state index contributed by atoms with van der Waals surface area (Å²) >= 11 is 1.86. The molecule has 1 aromatic rings. The molecule has 0 radical (unpaired) electrons. The third-order valence-corrected chi connectivity index (χ3v) is 4.00. The number of thiophene rings is 1. The van der Waals surface area contributed by atoms with E-state index in [-0.39, 0.29) is 0 Å². The Balaban J connectivity index is 1.82. The van der Waals surface area contributed by atoms with Gasteiger partial charge in [-0.3, -0.25) is 4.90 Å². The highest BCUT2D eigenvalue weighted by molar-refractivity contribution is 7.09. The molecule has 0 aliphatic carbocycles. The Morgan fingerprint density at radius 1 is 1.53 bits per heavy atom. The van der Waals surface area contributed by atoms with Crippen molar-refractivity contribution in [2.45, 2.75) is 25.8 Å². The summed E-state index contributed by atoms with van der Waals surface area (Å²) in [5, 5.41) is 2.16. The fraction of sp³-hybridized carbons (Fsp3) is 0.667. The topological polar surface area (TPSA) is 29.3 Å². The molecule has 84 valence electrons. The van der Waals surface area contributed by atoms with E-state index in [0.29, 0.717) is 0 Å². The fourth-order valence-electron chi connectivity index (χ4n) is 2.39. The molecule has 0 aromatic carbocycles. The smallest absolute Gasteiger partial charge is 0.0328 e. The molecular weight excluding hydrogens is 204 g/mol. The Labute approximate surface area is 96.1 Å². The molecule has 1 aliphatic rings. The van der Waals surface area contributed by atoms with Crippen molar-refractivity contribution in [2.24, 2.45) is 11.7 Å². The predicted molar refractivity (Wildman–Crippen MR) is 66.0 cm³/mol. The highest BCUT2D eigenvalue weighted by Crippen LogP contribution is 2.21. The average molecular weight is 224 g/mol. The zero-order chi connectivity index (χ0) is 10.5. The Hall–Kier alpha value is -0.380. The molecular formula is C12H20N2S. The van der Waals surface area contributed by atoms with Gasteiger partial charge < -0.3 is 5.73 Å². The van der Waals surface area contributed by atoms with Crippen LogP contribution in [0.1, 0.15) is 24.1 Å². The molecule has 2 nitrogen and oxygen atoms in total. The van der Waals surface area contributed by atoms with Crippen LogP contribution in [0.5, 0.6) is 0 Å². The second-order valence-corrected chi connectivity index (χ2v) is 5.43. The molecule has 2 rings (SSSR count). The Bertz CT molecular complexity index is 269. The van der Waals surface area contributed by atoms with Gasteiger partial charge in [0, 0.05) is 18.0 Å². The SMILES string of the molecule is NCCC1CCCN(Cc2cccs2)C1. The van der Waals surface area contributed by atoms with E-state index in [1.165, 1.54) is 37.2 Å². The minimum atomic E-state index is 0.837. The standard InChI is InChI=1S/C12H20N2S/c13-6-5-11-3-1-7-14(9-11)10-12-4-2-8-15-12/h2,4,8,11H,1,3,5-7,9-10,13H2. The summed E-state index contributed by atoms with van der Waals surface area (Å²) < 4.78 is 0. The van der Waals surface area contributed by atoms with Gasteiger partial charge in [0.25, 0.3) is 0 Å². The van der Waals surface area contributed by atoms with Gasteiger partial charge in [0.05, 0.1) is 0 Å². The van der Waals surface area contributed by atoms with Crippen molar-refractivity contribution in [2.75, 3.05) is 19.6 Å². The number of hydrogen-bond acceptors (Lipinski definition) is 3. The van der Waals surface area contributed by atoms with Crippen LogP contribution in [0.2, 0.25) is 0 Å². The number of rotatable bonds is 4. The minimum absolute atomic E-state index is 0.837. The molecule has 0 saturated carbocycles. The van der Waals surface area contributed by atoms with Gasteiger partial charge in [0.15, 0.2) is 0 Å². The summed E-state index contributed by atoms with van der Waals surface area (Å²) in [5.74, 6) is 0.837. The van der Waals surface area contributed by atoms with Gasteiger partial charge in [-0.15, -0.1) is 11.3 Å². The molecule has 0 amide bonds. The van der Waals surface area contributed by atoms with E-state index in [9.17, 15) is 0 Å². The lowest BCUT2D eigenvalue weighted by Crippen LogP contribution is -2.35. The van der Waals surface area contributed by atoms with E-state index in [4.69, 9.17) is 5.73 Å². The van der Waals surface area contributed by atoms with E-state index in [2.05, 4.69) is 22.4 Å². The summed E-state index contributed by atoms with van der Waals surface area (Å²) in [6.07, 6.45) is 3.91. The molecule has 0 bridgehead atoms. The van der Waals surface area contributed by atoms with E-state index in [1.807, 2.05) is 11.3 Å². The van der Waals surface area contributed by atoms with E-state index in [0.717, 1.165) is 19.0 Å². The van der Waals surface area contributed by atoms with E-state index < -0.39 is 0 Å². The Kier molecular flexibility index (Phi) is 4.18. The molecule has 1 fully saturated rings. The van der Waals surface area contributed by atoms with Crippen molar-refractivity contribution in [3.8, 4) is 0 Å². The third-order valence-electron chi connectivity index (χ3n) is 3.14. The van der Waals surface area contributed by atoms with Crippen LogP contribution in [-0.2, 0) is 6.54 Å². The molecule has 1 atom stereocenters. The van der Waals surface area contributed by atoms with Crippen molar-refractivity contribution < 1.29 is 0 Å². The lowest BCUT2D eigenvalue weighted by Gasteiger charge is -2.32. The molecule has 15 heavy (non-hydrogen) atoms. The normalized spacial score (nSPS) is 23.1. The fourth-order valence-corrected chi connectivity index (χ4v) is 3.14. The monoisotopic (exact) mass is 224 g/mol. The second-order valence-electron chi connectivity index (χ2n) is 4.40. The zero-order valence-electron chi connectivity index (χ0n) is 9.19. The number of piperidine rings is 1. The van der Waals surface area contributed by atoms with Crippen LogP contribution >= 0.6 is 11.3 Å². The van der Waals surface area contributed by atoms with Crippen LogP contribution in [0.25, 0.3) is 0 Å². The lowest BCUT2D eigenvalue weighted by molar-refractivity contribution is 0.164. The van der Waals surface area contributed by atoms with Crippen LogP contribution in [0.4, 0.5) is 0 Å². The summed E-state index contributed by atoms with van der Waals surface area (Å²) in [6, 6.07) is 4.37. The molecule has 3 heteroatoms. The second kappa shape index (κ2) is 5.64. The summed E-state index contributed by atoms with van der Waals surface area (Å²) in [4.78, 5) is 4.07. The van der Waals surface area contributed by atoms with Crippen LogP contribution in [-0.4, -0.2) is 24.5 Å². The van der Waals surface area contributed by atoms with Gasteiger partial charge >= 0.3 is 0 Å². The first-order valence-corrected chi connectivity index (χ1v) is 6.71. The van der Waals surface area contributed by atoms with Crippen molar-refractivity contribution in [1.82, 2.24) is 4.90 Å². The molecule has 2 heterocycles. The number of nitrogens with two attached hydrogens (primary N) is 1. The lowest BCUT2D eigenvalue weighted by atomic mass is 9.95. The summed E-state index contributed by atoms with van der Waals surface area (Å²) in [5.41, 5.74) is 5.62. The minimum Gasteiger partial charge on any atom is -0.330 e. The quantitative estimate of drug-likeness (QED) is 0.850. The van der Waals surface area contributed by atoms with Crippen molar-refractivity contribution in [3.05, 3.63) is 22.4 Å². The first-order valence-electron chi connectivity index (χ1n) is 5.83. The molecule has 1 saturated heterocycles. The number of likely N-dealkylation sites (tertiary alicyclic amines) is 1. The van der Waals surface area contributed by atoms with Gasteiger partial charge in [-0.25, -0.2) is 0 Å². The largest absolute Gasteiger partial charge is 0.330 e.